The molecule has 1 atom stereocenters. The molecule has 2 N–H and O–H groups in total. The van der Waals surface area contributed by atoms with E-state index in [2.05, 4.69) is 10.0 Å². The van der Waals surface area contributed by atoms with Crippen LogP contribution in [0.2, 0.25) is 0 Å². The molecular formula is C25H23FN2O4S. The number of ether oxygens (including phenoxy) is 2. The van der Waals surface area contributed by atoms with Gasteiger partial charge >= 0.3 is 0 Å². The third-order valence-electron chi connectivity index (χ3n) is 6.24. The topological polar surface area (TPSA) is 82.7 Å². The van der Waals surface area contributed by atoms with E-state index in [-0.39, 0.29) is 18.4 Å². The molecule has 0 aromatic heterocycles. The molecule has 0 radical (unpaired) electrons. The monoisotopic (exact) mass is 466 g/mol. The summed E-state index contributed by atoms with van der Waals surface area (Å²) in [4.78, 5) is 13.9. The molecule has 1 fully saturated rings. The lowest BCUT2D eigenvalue weighted by atomic mass is 9.94. The number of halogens is 1. The summed E-state index contributed by atoms with van der Waals surface area (Å²) >= 11 is -1.28. The molecular weight excluding hydrogens is 443 g/mol. The van der Waals surface area contributed by atoms with Crippen LogP contribution in [0, 0.1) is 12.7 Å². The lowest BCUT2D eigenvalue weighted by Gasteiger charge is -2.18. The molecule has 170 valence electrons. The normalized spacial score (nSPS) is 16.4. The van der Waals surface area contributed by atoms with E-state index in [1.54, 1.807) is 31.3 Å². The van der Waals surface area contributed by atoms with E-state index < -0.39 is 22.6 Å². The van der Waals surface area contributed by atoms with Gasteiger partial charge in [-0.15, -0.1) is 4.72 Å². The minimum atomic E-state index is -1.28. The molecule has 1 unspecified atom stereocenters. The zero-order valence-corrected chi connectivity index (χ0v) is 19.1. The maximum absolute atomic E-state index is 14.8. The lowest BCUT2D eigenvalue weighted by Crippen LogP contribution is -2.28. The van der Waals surface area contributed by atoms with Gasteiger partial charge in [0.25, 0.3) is 0 Å². The van der Waals surface area contributed by atoms with Gasteiger partial charge in [-0.1, -0.05) is 6.07 Å². The largest absolute Gasteiger partial charge is 0.593 e. The summed E-state index contributed by atoms with van der Waals surface area (Å²) in [5.74, 6) is 0.556. The number of nitrogens with one attached hydrogen (secondary N) is 2. The summed E-state index contributed by atoms with van der Waals surface area (Å²) in [6, 6.07) is 15.8. The summed E-state index contributed by atoms with van der Waals surface area (Å²) in [6.07, 6.45) is 1.37. The number of anilines is 1. The quantitative estimate of drug-likeness (QED) is 0.525. The van der Waals surface area contributed by atoms with Crippen LogP contribution < -0.4 is 19.5 Å². The molecule has 1 saturated carbocycles. The molecule has 5 rings (SSSR count). The average Bonchev–Trinajstić information content (AvgIpc) is 3.51. The fourth-order valence-electron chi connectivity index (χ4n) is 4.16. The van der Waals surface area contributed by atoms with Crippen LogP contribution in [0.5, 0.6) is 11.5 Å². The number of aryl methyl sites for hydroxylation is 1. The van der Waals surface area contributed by atoms with Crippen molar-refractivity contribution >= 4 is 23.0 Å². The highest BCUT2D eigenvalue weighted by Crippen LogP contribution is 2.51. The Balaban J connectivity index is 1.41. The van der Waals surface area contributed by atoms with Gasteiger partial charge in [-0.3, -0.25) is 4.79 Å². The van der Waals surface area contributed by atoms with Crippen molar-refractivity contribution < 1.29 is 23.2 Å². The fourth-order valence-corrected chi connectivity index (χ4v) is 4.78. The fraction of sp³-hybridized carbons (Fsp3) is 0.240. The molecule has 1 heterocycles. The van der Waals surface area contributed by atoms with Crippen LogP contribution in [0.4, 0.5) is 10.1 Å². The summed E-state index contributed by atoms with van der Waals surface area (Å²) in [7, 11) is 1.62. The third kappa shape index (κ3) is 3.94. The SMILES string of the molecule is CN[S+]([O-])c1ccc(-c2cc(NC(=O)C3(c4ccc5c(c4)OCO5)CC3)c(F)cc2C)cc1. The molecule has 8 heteroatoms. The Morgan fingerprint density at radius 2 is 1.79 bits per heavy atom. The van der Waals surface area contributed by atoms with E-state index in [9.17, 15) is 13.7 Å². The minimum absolute atomic E-state index is 0.135. The maximum Gasteiger partial charge on any atom is 0.235 e. The summed E-state index contributed by atoms with van der Waals surface area (Å²) < 4.78 is 40.2. The van der Waals surface area contributed by atoms with Crippen LogP contribution in [-0.4, -0.2) is 24.3 Å². The zero-order valence-electron chi connectivity index (χ0n) is 18.2. The Hall–Kier alpha value is -3.07. The van der Waals surface area contributed by atoms with Crippen LogP contribution in [0.1, 0.15) is 24.0 Å². The number of rotatable bonds is 6. The van der Waals surface area contributed by atoms with Crippen molar-refractivity contribution in [3.05, 3.63) is 71.5 Å². The van der Waals surface area contributed by atoms with Gasteiger partial charge < -0.3 is 19.3 Å². The molecule has 0 saturated heterocycles. The summed E-state index contributed by atoms with van der Waals surface area (Å²) in [6.45, 7) is 1.99. The number of carbonyl (C=O) groups excluding carboxylic acids is 1. The summed E-state index contributed by atoms with van der Waals surface area (Å²) in [5.41, 5.74) is 2.65. The second kappa shape index (κ2) is 8.37. The number of hydrogen-bond donors (Lipinski definition) is 2. The Kier molecular flexibility index (Phi) is 5.52. The van der Waals surface area contributed by atoms with Crippen LogP contribution in [0.3, 0.4) is 0 Å². The number of amides is 1. The Morgan fingerprint density at radius 3 is 2.48 bits per heavy atom. The molecule has 0 bridgehead atoms. The highest BCUT2D eigenvalue weighted by atomic mass is 32.2. The molecule has 3 aromatic rings. The first-order valence-corrected chi connectivity index (χ1v) is 11.8. The highest BCUT2D eigenvalue weighted by molar-refractivity contribution is 7.89. The number of benzene rings is 3. The first kappa shape index (κ1) is 21.8. The van der Waals surface area contributed by atoms with Gasteiger partial charge in [0, 0.05) is 7.05 Å². The van der Waals surface area contributed by atoms with Gasteiger partial charge in [0.2, 0.25) is 12.7 Å². The molecule has 2 aliphatic rings. The molecule has 1 amide bonds. The first-order chi connectivity index (χ1) is 15.9. The van der Waals surface area contributed by atoms with E-state index in [1.807, 2.05) is 31.2 Å². The van der Waals surface area contributed by atoms with Gasteiger partial charge in [-0.25, -0.2) is 4.39 Å². The Labute approximate surface area is 194 Å². The second-order valence-corrected chi connectivity index (χ2v) is 9.67. The Morgan fingerprint density at radius 1 is 1.06 bits per heavy atom. The smallest absolute Gasteiger partial charge is 0.235 e. The van der Waals surface area contributed by atoms with Gasteiger partial charge in [0.15, 0.2) is 16.4 Å². The van der Waals surface area contributed by atoms with Crippen LogP contribution in [0.25, 0.3) is 11.1 Å². The number of hydrogen-bond acceptors (Lipinski definition) is 5. The molecule has 3 aromatic carbocycles. The second-order valence-electron chi connectivity index (χ2n) is 8.25. The molecule has 1 aliphatic heterocycles. The van der Waals surface area contributed by atoms with Crippen LogP contribution >= 0.6 is 0 Å². The predicted molar refractivity (Wildman–Crippen MR) is 124 cm³/mol. The maximum atomic E-state index is 14.8. The van der Waals surface area contributed by atoms with Crippen molar-refractivity contribution in [2.45, 2.75) is 30.1 Å². The summed E-state index contributed by atoms with van der Waals surface area (Å²) in [5, 5.41) is 2.81. The van der Waals surface area contributed by atoms with Crippen molar-refractivity contribution in [2.75, 3.05) is 19.2 Å². The molecule has 0 spiro atoms. The van der Waals surface area contributed by atoms with Crippen LogP contribution in [0.15, 0.2) is 59.5 Å². The van der Waals surface area contributed by atoms with E-state index in [0.29, 0.717) is 29.2 Å². The number of fused-ring (bicyclic) bond motifs is 1. The first-order valence-electron chi connectivity index (χ1n) is 10.6. The van der Waals surface area contributed by atoms with Crippen molar-refractivity contribution in [2.24, 2.45) is 0 Å². The van der Waals surface area contributed by atoms with Crippen molar-refractivity contribution in [3.63, 3.8) is 0 Å². The molecule has 1 aliphatic carbocycles. The van der Waals surface area contributed by atoms with E-state index in [0.717, 1.165) is 22.3 Å². The van der Waals surface area contributed by atoms with Crippen molar-refractivity contribution in [1.82, 2.24) is 4.72 Å². The Bertz CT molecular complexity index is 1230. The highest BCUT2D eigenvalue weighted by Gasteiger charge is 2.51. The van der Waals surface area contributed by atoms with E-state index in [1.165, 1.54) is 6.07 Å². The third-order valence-corrected chi connectivity index (χ3v) is 7.31. The van der Waals surface area contributed by atoms with E-state index in [4.69, 9.17) is 9.47 Å². The predicted octanol–water partition coefficient (Wildman–Crippen LogP) is 4.44. The molecule has 33 heavy (non-hydrogen) atoms. The van der Waals surface area contributed by atoms with Gasteiger partial charge in [-0.2, -0.15) is 0 Å². The van der Waals surface area contributed by atoms with Crippen molar-refractivity contribution in [3.8, 4) is 22.6 Å². The van der Waals surface area contributed by atoms with Crippen molar-refractivity contribution in [1.29, 1.82) is 0 Å². The van der Waals surface area contributed by atoms with Gasteiger partial charge in [0.05, 0.1) is 22.5 Å². The average molecular weight is 467 g/mol. The lowest BCUT2D eigenvalue weighted by molar-refractivity contribution is -0.118. The minimum Gasteiger partial charge on any atom is -0.593 e. The van der Waals surface area contributed by atoms with Gasteiger partial charge in [0.1, 0.15) is 5.82 Å². The van der Waals surface area contributed by atoms with E-state index >= 15 is 0 Å². The van der Waals surface area contributed by atoms with Gasteiger partial charge in [-0.05, 0) is 90.6 Å². The number of carbonyl (C=O) groups is 1. The zero-order chi connectivity index (χ0) is 23.2. The standard InChI is InChI=1S/C25H23FN2O4S/c1-15-11-20(26)21(13-19(15)16-3-6-18(7-4-16)33(30)27-2)28-24(29)25(9-10-25)17-5-8-22-23(12-17)32-14-31-22/h3-8,11-13,27H,9-10,14H2,1-2H3,(H,28,29). The van der Waals surface area contributed by atoms with Crippen LogP contribution in [-0.2, 0) is 21.6 Å². The molecule has 6 nitrogen and oxygen atoms in total.